The molecule has 0 amide bonds. The predicted molar refractivity (Wildman–Crippen MR) is 119 cm³/mol. The maximum absolute atomic E-state index is 5.89. The summed E-state index contributed by atoms with van der Waals surface area (Å²) in [5.41, 5.74) is 15.2. The van der Waals surface area contributed by atoms with E-state index in [1.807, 2.05) is 25.3 Å². The Morgan fingerprint density at radius 2 is 1.86 bits per heavy atom. The van der Waals surface area contributed by atoms with Crippen LogP contribution in [0, 0.1) is 13.8 Å². The van der Waals surface area contributed by atoms with Gasteiger partial charge in [-0.1, -0.05) is 55.5 Å². The highest BCUT2D eigenvalue weighted by Crippen LogP contribution is 2.33. The molecule has 0 radical (unpaired) electrons. The summed E-state index contributed by atoms with van der Waals surface area (Å²) < 4.78 is 0. The van der Waals surface area contributed by atoms with Gasteiger partial charge in [0.15, 0.2) is 5.84 Å². The summed E-state index contributed by atoms with van der Waals surface area (Å²) in [4.78, 5) is 4.70. The minimum atomic E-state index is 0.193. The smallest absolute Gasteiger partial charge is 0.152 e. The van der Waals surface area contributed by atoms with Crippen LogP contribution >= 0.6 is 0 Å². The quantitative estimate of drug-likeness (QED) is 0.280. The van der Waals surface area contributed by atoms with E-state index in [1.54, 1.807) is 0 Å². The van der Waals surface area contributed by atoms with Gasteiger partial charge >= 0.3 is 0 Å². The highest BCUT2D eigenvalue weighted by molar-refractivity contribution is 5.97. The lowest BCUT2D eigenvalue weighted by molar-refractivity contribution is 0.763. The largest absolute Gasteiger partial charge is 0.382 e. The van der Waals surface area contributed by atoms with Crippen molar-refractivity contribution in [1.82, 2.24) is 5.53 Å². The Kier molecular flexibility index (Phi) is 7.96. The molecule has 0 fully saturated rings. The van der Waals surface area contributed by atoms with E-state index < -0.39 is 0 Å². The molecular formula is C23H31N5. The Morgan fingerprint density at radius 1 is 1.14 bits per heavy atom. The zero-order chi connectivity index (χ0) is 20.5. The van der Waals surface area contributed by atoms with Crippen molar-refractivity contribution in [1.29, 1.82) is 0 Å². The first-order chi connectivity index (χ1) is 13.5. The van der Waals surface area contributed by atoms with Gasteiger partial charge in [-0.15, -0.1) is 5.10 Å². The number of aryl methyl sites for hydroxylation is 1. The molecular weight excluding hydrogens is 346 g/mol. The molecule has 0 saturated heterocycles. The maximum Gasteiger partial charge on any atom is 0.152 e. The summed E-state index contributed by atoms with van der Waals surface area (Å²) in [6.07, 6.45) is 5.91. The van der Waals surface area contributed by atoms with Crippen molar-refractivity contribution in [2.75, 3.05) is 0 Å². The zero-order valence-electron chi connectivity index (χ0n) is 17.2. The minimum Gasteiger partial charge on any atom is -0.382 e. The van der Waals surface area contributed by atoms with Crippen LogP contribution in [-0.4, -0.2) is 12.1 Å². The van der Waals surface area contributed by atoms with Crippen LogP contribution < -0.4 is 17.1 Å². The van der Waals surface area contributed by atoms with Crippen molar-refractivity contribution in [3.63, 3.8) is 0 Å². The minimum absolute atomic E-state index is 0.193. The molecule has 0 spiro atoms. The van der Waals surface area contributed by atoms with Gasteiger partial charge in [-0.25, -0.2) is 11.4 Å². The second-order valence-electron chi connectivity index (χ2n) is 6.79. The van der Waals surface area contributed by atoms with E-state index in [4.69, 9.17) is 16.6 Å². The molecule has 0 aliphatic heterocycles. The Bertz CT molecular complexity index is 863. The lowest BCUT2D eigenvalue weighted by Gasteiger charge is -2.22. The van der Waals surface area contributed by atoms with Crippen LogP contribution in [0.4, 0.5) is 0 Å². The Balaban J connectivity index is 2.44. The molecule has 1 unspecified atom stereocenters. The van der Waals surface area contributed by atoms with E-state index in [0.717, 1.165) is 24.1 Å². The van der Waals surface area contributed by atoms with E-state index in [-0.39, 0.29) is 5.92 Å². The Labute approximate surface area is 168 Å². The number of nitrogens with zero attached hydrogens (tertiary/aromatic N) is 2. The molecule has 0 saturated carbocycles. The van der Waals surface area contributed by atoms with Crippen LogP contribution in [0.2, 0.25) is 0 Å². The van der Waals surface area contributed by atoms with Crippen LogP contribution in [0.1, 0.15) is 54.0 Å². The van der Waals surface area contributed by atoms with Gasteiger partial charge in [-0.2, -0.15) is 0 Å². The molecule has 0 aliphatic rings. The van der Waals surface area contributed by atoms with Gasteiger partial charge in [0, 0.05) is 23.4 Å². The molecule has 5 N–H and O–H groups in total. The number of aliphatic imine (C=N–C) groups is 1. The van der Waals surface area contributed by atoms with Crippen LogP contribution in [0.5, 0.6) is 0 Å². The van der Waals surface area contributed by atoms with E-state index in [0.29, 0.717) is 5.84 Å². The van der Waals surface area contributed by atoms with Crippen molar-refractivity contribution in [2.45, 2.75) is 46.5 Å². The van der Waals surface area contributed by atoms with Gasteiger partial charge < -0.3 is 5.73 Å². The molecule has 1 atom stereocenters. The van der Waals surface area contributed by atoms with Crippen molar-refractivity contribution >= 4 is 12.1 Å². The topological polar surface area (TPSA) is 88.8 Å². The number of rotatable bonds is 8. The molecule has 0 aromatic heterocycles. The number of nitrogens with one attached hydrogen (secondary N) is 1. The van der Waals surface area contributed by atoms with Crippen LogP contribution in [0.3, 0.4) is 0 Å². The monoisotopic (exact) mass is 377 g/mol. The summed E-state index contributed by atoms with van der Waals surface area (Å²) in [5.74, 6) is 5.76. The van der Waals surface area contributed by atoms with Crippen LogP contribution in [-0.2, 0) is 6.42 Å². The van der Waals surface area contributed by atoms with Gasteiger partial charge in [-0.3, -0.25) is 4.99 Å². The van der Waals surface area contributed by atoms with Gasteiger partial charge in [0.1, 0.15) is 0 Å². The molecule has 5 heteroatoms. The molecule has 0 bridgehead atoms. The third kappa shape index (κ3) is 5.30. The SMILES string of the molecule is CC=N/C(=C\CC)C(Cc1ccc(/C(N)=N/NN)cc1)c1cccc(C)c1C. The summed E-state index contributed by atoms with van der Waals surface area (Å²) in [7, 11) is 0. The third-order valence-corrected chi connectivity index (χ3v) is 4.94. The van der Waals surface area contributed by atoms with Gasteiger partial charge in [0.05, 0.1) is 0 Å². The molecule has 5 nitrogen and oxygen atoms in total. The van der Waals surface area contributed by atoms with Crippen molar-refractivity contribution in [2.24, 2.45) is 21.7 Å². The van der Waals surface area contributed by atoms with E-state index in [2.05, 4.69) is 67.8 Å². The summed E-state index contributed by atoms with van der Waals surface area (Å²) in [6, 6.07) is 14.6. The third-order valence-electron chi connectivity index (χ3n) is 4.94. The second kappa shape index (κ2) is 10.4. The van der Waals surface area contributed by atoms with Crippen molar-refractivity contribution in [3.8, 4) is 0 Å². The average Bonchev–Trinajstić information content (AvgIpc) is 2.69. The number of hydrogen-bond acceptors (Lipinski definition) is 4. The zero-order valence-corrected chi connectivity index (χ0v) is 17.2. The number of hydrazone groups is 1. The lowest BCUT2D eigenvalue weighted by atomic mass is 9.85. The maximum atomic E-state index is 5.89. The molecule has 0 aliphatic carbocycles. The average molecular weight is 378 g/mol. The molecule has 2 aromatic rings. The fourth-order valence-corrected chi connectivity index (χ4v) is 3.35. The molecule has 0 heterocycles. The van der Waals surface area contributed by atoms with Crippen molar-refractivity contribution < 1.29 is 0 Å². The molecule has 28 heavy (non-hydrogen) atoms. The van der Waals surface area contributed by atoms with Crippen molar-refractivity contribution in [3.05, 3.63) is 82.1 Å². The summed E-state index contributed by atoms with van der Waals surface area (Å²) in [6.45, 7) is 8.46. The fraction of sp³-hybridized carbons (Fsp3) is 0.304. The van der Waals surface area contributed by atoms with Gasteiger partial charge in [0.2, 0.25) is 0 Å². The Hall–Kier alpha value is -2.92. The summed E-state index contributed by atoms with van der Waals surface area (Å²) in [5, 5.41) is 3.83. The van der Waals surface area contributed by atoms with Crippen LogP contribution in [0.15, 0.2) is 64.3 Å². The first kappa shape index (κ1) is 21.4. The standard InChI is InChI=1S/C23H31N5/c1-5-8-22(26-6-2)21(20-10-7-9-16(3)17(20)4)15-18-11-13-19(14-12-18)23(24)27-28-25/h6-14,21,28H,5,15,25H2,1-4H3,(H2,24,27)/b22-8-,26-6?. The highest BCUT2D eigenvalue weighted by atomic mass is 15.5. The summed E-state index contributed by atoms with van der Waals surface area (Å²) >= 11 is 0. The number of amidine groups is 1. The Morgan fingerprint density at radius 3 is 2.46 bits per heavy atom. The molecule has 2 aromatic carbocycles. The number of nitrogens with two attached hydrogens (primary N) is 2. The van der Waals surface area contributed by atoms with E-state index in [1.165, 1.54) is 22.3 Å². The van der Waals surface area contributed by atoms with Gasteiger partial charge in [0.25, 0.3) is 0 Å². The normalized spacial score (nSPS) is 13.8. The van der Waals surface area contributed by atoms with Crippen LogP contribution in [0.25, 0.3) is 0 Å². The van der Waals surface area contributed by atoms with E-state index >= 15 is 0 Å². The number of hydrogen-bond donors (Lipinski definition) is 3. The number of allylic oxidation sites excluding steroid dienone is 2. The predicted octanol–water partition coefficient (Wildman–Crippen LogP) is 4.10. The second-order valence-corrected chi connectivity index (χ2v) is 6.79. The highest BCUT2D eigenvalue weighted by Gasteiger charge is 2.19. The number of benzene rings is 2. The van der Waals surface area contributed by atoms with E-state index in [9.17, 15) is 0 Å². The lowest BCUT2D eigenvalue weighted by Crippen LogP contribution is -2.23. The molecule has 148 valence electrons. The fourth-order valence-electron chi connectivity index (χ4n) is 3.35. The molecule has 2 rings (SSSR count). The number of hydrazine groups is 1. The van der Waals surface area contributed by atoms with Gasteiger partial charge in [-0.05, 0) is 55.9 Å². The first-order valence-electron chi connectivity index (χ1n) is 9.64. The first-order valence-corrected chi connectivity index (χ1v) is 9.64.